The van der Waals surface area contributed by atoms with Gasteiger partial charge in [0, 0.05) is 12.1 Å². The summed E-state index contributed by atoms with van der Waals surface area (Å²) >= 11 is 0. The molecule has 0 aromatic heterocycles. The number of amides is 1. The lowest BCUT2D eigenvalue weighted by atomic mass is 9.71. The summed E-state index contributed by atoms with van der Waals surface area (Å²) in [5, 5.41) is 3.23. The van der Waals surface area contributed by atoms with E-state index in [1.807, 2.05) is 42.5 Å². The molecule has 1 saturated carbocycles. The molecule has 1 fully saturated rings. The first-order valence-corrected chi connectivity index (χ1v) is 7.41. The fourth-order valence-corrected chi connectivity index (χ4v) is 2.86. The molecule has 0 atom stereocenters. The van der Waals surface area contributed by atoms with Crippen molar-refractivity contribution in [3.05, 3.63) is 71.3 Å². The number of carbonyl (C=O) groups is 1. The zero-order chi connectivity index (χ0) is 14.7. The van der Waals surface area contributed by atoms with Crippen LogP contribution in [0.5, 0.6) is 0 Å². The van der Waals surface area contributed by atoms with Crippen LogP contribution in [0.1, 0.15) is 40.7 Å². The van der Waals surface area contributed by atoms with E-state index >= 15 is 0 Å². The topological polar surface area (TPSA) is 55.1 Å². The first-order valence-electron chi connectivity index (χ1n) is 7.41. The van der Waals surface area contributed by atoms with Gasteiger partial charge in [0.15, 0.2) is 0 Å². The Bertz CT molecular complexity index is 615. The molecular weight excluding hydrogens is 260 g/mol. The molecule has 1 aliphatic carbocycles. The normalized spacial score (nSPS) is 16.0. The molecule has 2 aromatic rings. The van der Waals surface area contributed by atoms with E-state index in [0.29, 0.717) is 12.1 Å². The van der Waals surface area contributed by atoms with Crippen LogP contribution in [0.25, 0.3) is 0 Å². The molecule has 3 N–H and O–H groups in total. The van der Waals surface area contributed by atoms with Gasteiger partial charge >= 0.3 is 0 Å². The number of hydrogen-bond acceptors (Lipinski definition) is 2. The van der Waals surface area contributed by atoms with Crippen molar-refractivity contribution in [3.63, 3.8) is 0 Å². The molecule has 0 aliphatic heterocycles. The van der Waals surface area contributed by atoms with Crippen molar-refractivity contribution < 1.29 is 4.79 Å². The predicted octanol–water partition coefficient (Wildman–Crippen LogP) is 2.95. The maximum atomic E-state index is 12.5. The number of hydrogen-bond donors (Lipinski definition) is 2. The molecule has 1 aliphatic rings. The van der Waals surface area contributed by atoms with Crippen molar-refractivity contribution in [1.82, 2.24) is 5.32 Å². The van der Waals surface area contributed by atoms with E-state index in [4.69, 9.17) is 5.73 Å². The molecule has 108 valence electrons. The molecule has 0 unspecified atom stereocenters. The second-order valence-corrected chi connectivity index (χ2v) is 5.66. The molecule has 3 nitrogen and oxygen atoms in total. The van der Waals surface area contributed by atoms with Crippen molar-refractivity contribution in [2.45, 2.75) is 31.3 Å². The number of carbonyl (C=O) groups excluding carboxylic acids is 1. The number of nitrogens with two attached hydrogens (primary N) is 1. The summed E-state index contributed by atoms with van der Waals surface area (Å²) in [7, 11) is 0. The third-order valence-corrected chi connectivity index (χ3v) is 4.34. The summed E-state index contributed by atoms with van der Waals surface area (Å²) < 4.78 is 0. The van der Waals surface area contributed by atoms with Gasteiger partial charge in [0.25, 0.3) is 5.91 Å². The molecule has 0 radical (unpaired) electrons. The maximum absolute atomic E-state index is 12.5. The van der Waals surface area contributed by atoms with E-state index in [2.05, 4.69) is 17.4 Å². The second kappa shape index (κ2) is 5.70. The SMILES string of the molecule is NCc1ccc(C(=O)NC2(c3ccccc3)CCC2)cc1. The van der Waals surface area contributed by atoms with E-state index in [1.165, 1.54) is 5.56 Å². The van der Waals surface area contributed by atoms with Gasteiger partial charge in [-0.2, -0.15) is 0 Å². The summed E-state index contributed by atoms with van der Waals surface area (Å²) in [4.78, 5) is 12.5. The number of rotatable bonds is 4. The van der Waals surface area contributed by atoms with Crippen LogP contribution in [0.3, 0.4) is 0 Å². The lowest BCUT2D eigenvalue weighted by molar-refractivity contribution is 0.0823. The van der Waals surface area contributed by atoms with Gasteiger partial charge in [-0.15, -0.1) is 0 Å². The van der Waals surface area contributed by atoms with Crippen molar-refractivity contribution in [2.75, 3.05) is 0 Å². The maximum Gasteiger partial charge on any atom is 0.251 e. The highest BCUT2D eigenvalue weighted by atomic mass is 16.1. The van der Waals surface area contributed by atoms with Crippen molar-refractivity contribution in [1.29, 1.82) is 0 Å². The molecule has 0 spiro atoms. The Balaban J connectivity index is 1.79. The minimum absolute atomic E-state index is 0.0119. The zero-order valence-electron chi connectivity index (χ0n) is 12.0. The van der Waals surface area contributed by atoms with Gasteiger partial charge in [0.1, 0.15) is 0 Å². The third kappa shape index (κ3) is 2.69. The Labute approximate surface area is 125 Å². The van der Waals surface area contributed by atoms with Crippen molar-refractivity contribution in [3.8, 4) is 0 Å². The summed E-state index contributed by atoms with van der Waals surface area (Å²) in [6, 6.07) is 17.7. The lowest BCUT2D eigenvalue weighted by Gasteiger charge is -2.43. The van der Waals surface area contributed by atoms with Crippen LogP contribution >= 0.6 is 0 Å². The average Bonchev–Trinajstić information content (AvgIpc) is 2.51. The zero-order valence-corrected chi connectivity index (χ0v) is 12.0. The Kier molecular flexibility index (Phi) is 3.76. The molecule has 3 rings (SSSR count). The monoisotopic (exact) mass is 280 g/mol. The molecule has 1 amide bonds. The largest absolute Gasteiger partial charge is 0.343 e. The summed E-state index contributed by atoms with van der Waals surface area (Å²) in [5.74, 6) is -0.0119. The standard InChI is InChI=1S/C18H20N2O/c19-13-14-7-9-15(10-8-14)17(21)20-18(11-4-12-18)16-5-2-1-3-6-16/h1-3,5-10H,4,11-13,19H2,(H,20,21). The smallest absolute Gasteiger partial charge is 0.251 e. The number of nitrogens with one attached hydrogen (secondary N) is 1. The quantitative estimate of drug-likeness (QED) is 0.904. The van der Waals surface area contributed by atoms with Crippen LogP contribution < -0.4 is 11.1 Å². The Hall–Kier alpha value is -2.13. The minimum Gasteiger partial charge on any atom is -0.343 e. The number of benzene rings is 2. The molecule has 2 aromatic carbocycles. The fourth-order valence-electron chi connectivity index (χ4n) is 2.86. The summed E-state index contributed by atoms with van der Waals surface area (Å²) in [6.45, 7) is 0.496. The highest BCUT2D eigenvalue weighted by molar-refractivity contribution is 5.94. The Morgan fingerprint density at radius 1 is 1.05 bits per heavy atom. The highest BCUT2D eigenvalue weighted by Gasteiger charge is 2.39. The summed E-state index contributed by atoms with van der Waals surface area (Å²) in [5.41, 5.74) is 8.32. The van der Waals surface area contributed by atoms with Crippen LogP contribution in [0.2, 0.25) is 0 Å². The molecule has 0 saturated heterocycles. The molecule has 3 heteroatoms. The van der Waals surface area contributed by atoms with Gasteiger partial charge in [0.2, 0.25) is 0 Å². The van der Waals surface area contributed by atoms with Gasteiger partial charge in [-0.25, -0.2) is 0 Å². The molecular formula is C18H20N2O. The van der Waals surface area contributed by atoms with Gasteiger partial charge in [-0.05, 0) is 42.5 Å². The predicted molar refractivity (Wildman–Crippen MR) is 83.8 cm³/mol. The van der Waals surface area contributed by atoms with E-state index < -0.39 is 0 Å². The van der Waals surface area contributed by atoms with E-state index in [1.54, 1.807) is 0 Å². The van der Waals surface area contributed by atoms with Crippen LogP contribution in [0.4, 0.5) is 0 Å². The van der Waals surface area contributed by atoms with E-state index in [-0.39, 0.29) is 11.4 Å². The molecule has 0 heterocycles. The van der Waals surface area contributed by atoms with Gasteiger partial charge < -0.3 is 11.1 Å². The summed E-state index contributed by atoms with van der Waals surface area (Å²) in [6.07, 6.45) is 3.16. The van der Waals surface area contributed by atoms with Crippen LogP contribution in [-0.2, 0) is 12.1 Å². The lowest BCUT2D eigenvalue weighted by Crippen LogP contribution is -2.50. The van der Waals surface area contributed by atoms with Crippen molar-refractivity contribution >= 4 is 5.91 Å². The van der Waals surface area contributed by atoms with Gasteiger partial charge in [-0.1, -0.05) is 42.5 Å². The molecule has 21 heavy (non-hydrogen) atoms. The van der Waals surface area contributed by atoms with Gasteiger partial charge in [-0.3, -0.25) is 4.79 Å². The van der Waals surface area contributed by atoms with Crippen LogP contribution in [-0.4, -0.2) is 5.91 Å². The first kappa shape index (κ1) is 13.8. The third-order valence-electron chi connectivity index (χ3n) is 4.34. The average molecular weight is 280 g/mol. The Morgan fingerprint density at radius 3 is 2.24 bits per heavy atom. The molecule has 0 bridgehead atoms. The van der Waals surface area contributed by atoms with E-state index in [0.717, 1.165) is 24.8 Å². The Morgan fingerprint density at radius 2 is 1.71 bits per heavy atom. The minimum atomic E-state index is -0.190. The van der Waals surface area contributed by atoms with Gasteiger partial charge in [0.05, 0.1) is 5.54 Å². The highest BCUT2D eigenvalue weighted by Crippen LogP contribution is 2.41. The first-order chi connectivity index (χ1) is 10.2. The van der Waals surface area contributed by atoms with Crippen LogP contribution in [0, 0.1) is 0 Å². The second-order valence-electron chi connectivity index (χ2n) is 5.66. The van der Waals surface area contributed by atoms with E-state index in [9.17, 15) is 4.79 Å². The van der Waals surface area contributed by atoms with Crippen LogP contribution in [0.15, 0.2) is 54.6 Å². The fraction of sp³-hybridized carbons (Fsp3) is 0.278. The van der Waals surface area contributed by atoms with Crippen molar-refractivity contribution in [2.24, 2.45) is 5.73 Å².